The topological polar surface area (TPSA) is 80.0 Å². The van der Waals surface area contributed by atoms with Gasteiger partial charge in [0.25, 0.3) is 5.91 Å². The lowest BCUT2D eigenvalue weighted by Crippen LogP contribution is -2.35. The fourth-order valence-corrected chi connectivity index (χ4v) is 3.39. The van der Waals surface area contributed by atoms with Crippen LogP contribution in [0.4, 0.5) is 26.0 Å². The molecule has 4 rings (SSSR count). The molecule has 1 unspecified atom stereocenters. The Balaban J connectivity index is 0.00000240. The number of amides is 1. The van der Waals surface area contributed by atoms with Gasteiger partial charge in [0.05, 0.1) is 0 Å². The van der Waals surface area contributed by atoms with E-state index in [1.54, 1.807) is 24.3 Å². The number of aromatic nitrogens is 1. The summed E-state index contributed by atoms with van der Waals surface area (Å²) in [6, 6.07) is 13.5. The Hall–Kier alpha value is -3.19. The number of anilines is 3. The number of hydrogen-bond acceptors (Lipinski definition) is 4. The number of pyridine rings is 1. The van der Waals surface area contributed by atoms with Gasteiger partial charge in [0, 0.05) is 23.5 Å². The summed E-state index contributed by atoms with van der Waals surface area (Å²) in [5.74, 6) is -0.694. The van der Waals surface area contributed by atoms with Crippen LogP contribution in [-0.4, -0.2) is 16.9 Å². The zero-order chi connectivity index (χ0) is 19.7. The number of nitrogens with two attached hydrogens (primary N) is 1. The van der Waals surface area contributed by atoms with Crippen LogP contribution in [0.15, 0.2) is 54.6 Å². The second-order valence-corrected chi connectivity index (χ2v) is 6.80. The van der Waals surface area contributed by atoms with Gasteiger partial charge in [-0.2, -0.15) is 0 Å². The number of carbonyl (C=O) groups is 1. The first-order valence-electron chi connectivity index (χ1n) is 8.84. The van der Waals surface area contributed by atoms with E-state index in [9.17, 15) is 13.6 Å². The Morgan fingerprint density at radius 2 is 1.76 bits per heavy atom. The standard InChI is InChI=1S/C21H18F2N4O.ClH/c22-14-2-1-3-17(9-14)25-20-11-16(24)10-19(27-20)21(28)26-18-7-12-4-5-15(23)6-13(12)8-18;/h1-6,9-11,18H,7-8H2,(H,26,28)(H3,24,25,27);1H. The molecule has 3 aromatic rings. The van der Waals surface area contributed by atoms with Crippen molar-refractivity contribution in [3.63, 3.8) is 0 Å². The van der Waals surface area contributed by atoms with Crippen molar-refractivity contribution in [3.05, 3.63) is 83.1 Å². The molecule has 1 aromatic heterocycles. The molecule has 5 nitrogen and oxygen atoms in total. The maximum absolute atomic E-state index is 13.4. The first-order valence-corrected chi connectivity index (χ1v) is 8.84. The minimum atomic E-state index is -0.385. The largest absolute Gasteiger partial charge is 0.399 e. The van der Waals surface area contributed by atoms with E-state index in [0.29, 0.717) is 30.0 Å². The van der Waals surface area contributed by atoms with Gasteiger partial charge in [0.2, 0.25) is 0 Å². The van der Waals surface area contributed by atoms with Gasteiger partial charge in [-0.3, -0.25) is 4.79 Å². The Kier molecular flexibility index (Phi) is 5.98. The molecule has 29 heavy (non-hydrogen) atoms. The molecule has 2 aromatic carbocycles. The average molecular weight is 417 g/mol. The van der Waals surface area contributed by atoms with Crippen molar-refractivity contribution in [2.24, 2.45) is 0 Å². The molecule has 1 atom stereocenters. The Morgan fingerprint density at radius 1 is 1.00 bits per heavy atom. The van der Waals surface area contributed by atoms with Gasteiger partial charge in [0.15, 0.2) is 0 Å². The fourth-order valence-electron chi connectivity index (χ4n) is 3.39. The maximum Gasteiger partial charge on any atom is 0.270 e. The summed E-state index contributed by atoms with van der Waals surface area (Å²) in [4.78, 5) is 16.9. The van der Waals surface area contributed by atoms with Crippen LogP contribution in [0.25, 0.3) is 0 Å². The number of nitrogen functional groups attached to an aromatic ring is 1. The molecule has 4 N–H and O–H groups in total. The van der Waals surface area contributed by atoms with E-state index in [2.05, 4.69) is 15.6 Å². The molecule has 0 aliphatic heterocycles. The minimum Gasteiger partial charge on any atom is -0.399 e. The van der Waals surface area contributed by atoms with Crippen LogP contribution in [0, 0.1) is 11.6 Å². The minimum absolute atomic E-state index is 0. The van der Waals surface area contributed by atoms with Crippen LogP contribution in [0.2, 0.25) is 0 Å². The third-order valence-electron chi connectivity index (χ3n) is 4.61. The fraction of sp³-hybridized carbons (Fsp3) is 0.143. The molecule has 1 amide bonds. The van der Waals surface area contributed by atoms with Crippen LogP contribution in [-0.2, 0) is 12.8 Å². The normalized spacial score (nSPS) is 14.6. The first kappa shape index (κ1) is 20.5. The van der Waals surface area contributed by atoms with Crippen LogP contribution in [0.5, 0.6) is 0 Å². The Morgan fingerprint density at radius 3 is 2.55 bits per heavy atom. The predicted molar refractivity (Wildman–Crippen MR) is 111 cm³/mol. The summed E-state index contributed by atoms with van der Waals surface area (Å²) in [5.41, 5.74) is 8.84. The molecule has 1 aliphatic rings. The van der Waals surface area contributed by atoms with Gasteiger partial charge in [-0.1, -0.05) is 12.1 Å². The highest BCUT2D eigenvalue weighted by Crippen LogP contribution is 2.24. The molecular formula is C21H19ClF2N4O. The number of nitrogens with one attached hydrogen (secondary N) is 2. The highest BCUT2D eigenvalue weighted by Gasteiger charge is 2.24. The summed E-state index contributed by atoms with van der Waals surface area (Å²) < 4.78 is 26.7. The molecule has 1 aliphatic carbocycles. The molecule has 150 valence electrons. The van der Waals surface area contributed by atoms with Crippen LogP contribution < -0.4 is 16.4 Å². The Bertz CT molecular complexity index is 1060. The molecule has 0 saturated heterocycles. The number of halogens is 3. The molecule has 0 spiro atoms. The van der Waals surface area contributed by atoms with Crippen LogP contribution in [0.1, 0.15) is 21.6 Å². The van der Waals surface area contributed by atoms with Crippen molar-refractivity contribution < 1.29 is 13.6 Å². The third-order valence-corrected chi connectivity index (χ3v) is 4.61. The lowest BCUT2D eigenvalue weighted by molar-refractivity contribution is 0.0933. The SMILES string of the molecule is Cl.Nc1cc(Nc2cccc(F)c2)nc(C(=O)NC2Cc3ccc(F)cc3C2)c1. The second-order valence-electron chi connectivity index (χ2n) is 6.80. The molecule has 1 heterocycles. The number of carbonyl (C=O) groups excluding carboxylic acids is 1. The number of rotatable bonds is 4. The van der Waals surface area contributed by atoms with Crippen molar-refractivity contribution in [2.45, 2.75) is 18.9 Å². The summed E-state index contributed by atoms with van der Waals surface area (Å²) in [7, 11) is 0. The van der Waals surface area contributed by atoms with E-state index >= 15 is 0 Å². The van der Waals surface area contributed by atoms with E-state index < -0.39 is 0 Å². The maximum atomic E-state index is 13.4. The number of hydrogen-bond donors (Lipinski definition) is 3. The van der Waals surface area contributed by atoms with Gasteiger partial charge < -0.3 is 16.4 Å². The summed E-state index contributed by atoms with van der Waals surface area (Å²) in [6.45, 7) is 0. The average Bonchev–Trinajstić information content (AvgIpc) is 3.02. The molecule has 0 saturated carbocycles. The molecule has 0 radical (unpaired) electrons. The van der Waals surface area contributed by atoms with E-state index in [1.807, 2.05) is 0 Å². The zero-order valence-electron chi connectivity index (χ0n) is 15.3. The number of fused-ring (bicyclic) bond motifs is 1. The van der Waals surface area contributed by atoms with E-state index in [0.717, 1.165) is 11.1 Å². The van der Waals surface area contributed by atoms with Gasteiger partial charge in [-0.25, -0.2) is 13.8 Å². The van der Waals surface area contributed by atoms with Crippen molar-refractivity contribution in [2.75, 3.05) is 11.1 Å². The van der Waals surface area contributed by atoms with Gasteiger partial charge in [-0.05, 0) is 60.4 Å². The first-order chi connectivity index (χ1) is 13.5. The van der Waals surface area contributed by atoms with Gasteiger partial charge in [0.1, 0.15) is 23.1 Å². The molecule has 8 heteroatoms. The predicted octanol–water partition coefficient (Wildman–Crippen LogP) is 4.00. The summed E-state index contributed by atoms with van der Waals surface area (Å²) >= 11 is 0. The second kappa shape index (κ2) is 8.45. The van der Waals surface area contributed by atoms with E-state index in [-0.39, 0.29) is 41.7 Å². The third kappa shape index (κ3) is 4.81. The lowest BCUT2D eigenvalue weighted by atomic mass is 10.1. The van der Waals surface area contributed by atoms with Crippen molar-refractivity contribution in [3.8, 4) is 0 Å². The van der Waals surface area contributed by atoms with Crippen molar-refractivity contribution in [1.82, 2.24) is 10.3 Å². The Labute approximate surface area is 172 Å². The van der Waals surface area contributed by atoms with Crippen molar-refractivity contribution in [1.29, 1.82) is 0 Å². The number of benzene rings is 2. The van der Waals surface area contributed by atoms with E-state index in [1.165, 1.54) is 30.3 Å². The monoisotopic (exact) mass is 416 g/mol. The van der Waals surface area contributed by atoms with E-state index in [4.69, 9.17) is 5.73 Å². The van der Waals surface area contributed by atoms with Crippen LogP contribution in [0.3, 0.4) is 0 Å². The van der Waals surface area contributed by atoms with Crippen molar-refractivity contribution >= 4 is 35.5 Å². The van der Waals surface area contributed by atoms with Gasteiger partial charge in [-0.15, -0.1) is 12.4 Å². The molecular weight excluding hydrogens is 398 g/mol. The summed E-state index contributed by atoms with van der Waals surface area (Å²) in [6.07, 6.45) is 1.20. The zero-order valence-corrected chi connectivity index (χ0v) is 16.1. The van der Waals surface area contributed by atoms with Gasteiger partial charge >= 0.3 is 0 Å². The highest BCUT2D eigenvalue weighted by molar-refractivity contribution is 5.94. The summed E-state index contributed by atoms with van der Waals surface area (Å²) in [5, 5.41) is 5.86. The highest BCUT2D eigenvalue weighted by atomic mass is 35.5. The quantitative estimate of drug-likeness (QED) is 0.600. The number of nitrogens with zero attached hydrogens (tertiary/aromatic N) is 1. The lowest BCUT2D eigenvalue weighted by Gasteiger charge is -2.13. The van der Waals surface area contributed by atoms with Crippen LogP contribution >= 0.6 is 12.4 Å². The molecule has 0 bridgehead atoms. The molecule has 0 fully saturated rings. The smallest absolute Gasteiger partial charge is 0.270 e.